The smallest absolute Gasteiger partial charge is 0.410 e. The Kier molecular flexibility index (Phi) is 7.97. The zero-order valence-corrected chi connectivity index (χ0v) is 19.4. The summed E-state index contributed by atoms with van der Waals surface area (Å²) in [7, 11) is 0. The van der Waals surface area contributed by atoms with E-state index in [2.05, 4.69) is 48.2 Å². The number of carbonyl (C=O) groups is 1. The van der Waals surface area contributed by atoms with Gasteiger partial charge in [-0.05, 0) is 63.8 Å². The Morgan fingerprint density at radius 1 is 0.903 bits per heavy atom. The fourth-order valence-corrected chi connectivity index (χ4v) is 3.59. The number of hydrogen-bond acceptors (Lipinski definition) is 4. The van der Waals surface area contributed by atoms with E-state index in [4.69, 9.17) is 9.47 Å². The van der Waals surface area contributed by atoms with Gasteiger partial charge in [0.05, 0.1) is 6.61 Å². The summed E-state index contributed by atoms with van der Waals surface area (Å²) in [6.07, 6.45) is 1.81. The summed E-state index contributed by atoms with van der Waals surface area (Å²) in [5, 5.41) is 0. The molecule has 1 fully saturated rings. The third kappa shape index (κ3) is 7.91. The van der Waals surface area contributed by atoms with Crippen LogP contribution in [0.15, 0.2) is 48.5 Å². The number of piperazine rings is 1. The van der Waals surface area contributed by atoms with Gasteiger partial charge < -0.3 is 14.4 Å². The average molecular weight is 425 g/mol. The van der Waals surface area contributed by atoms with Crippen molar-refractivity contribution < 1.29 is 14.3 Å². The Morgan fingerprint density at radius 3 is 2.13 bits per heavy atom. The van der Waals surface area contributed by atoms with Crippen LogP contribution in [0.3, 0.4) is 0 Å². The van der Waals surface area contributed by atoms with Crippen LogP contribution in [0, 0.1) is 6.92 Å². The highest BCUT2D eigenvalue weighted by Gasteiger charge is 2.25. The molecule has 5 heteroatoms. The third-order valence-corrected chi connectivity index (χ3v) is 5.35. The molecule has 0 saturated carbocycles. The lowest BCUT2D eigenvalue weighted by Crippen LogP contribution is -2.49. The minimum atomic E-state index is -0.442. The number of carbonyl (C=O) groups excluding carboxylic acids is 1. The molecule has 3 rings (SSSR count). The van der Waals surface area contributed by atoms with E-state index in [1.54, 1.807) is 0 Å². The van der Waals surface area contributed by atoms with Gasteiger partial charge in [0.15, 0.2) is 0 Å². The maximum Gasteiger partial charge on any atom is 0.410 e. The highest BCUT2D eigenvalue weighted by molar-refractivity contribution is 5.68. The summed E-state index contributed by atoms with van der Waals surface area (Å²) in [6.45, 7) is 12.6. The number of aryl methyl sites for hydroxylation is 2. The predicted octanol–water partition coefficient (Wildman–Crippen LogP) is 5.06. The van der Waals surface area contributed by atoms with Crippen molar-refractivity contribution in [2.75, 3.05) is 32.8 Å². The molecule has 0 unspecified atom stereocenters. The first-order valence-electron chi connectivity index (χ1n) is 11.3. The van der Waals surface area contributed by atoms with Gasteiger partial charge >= 0.3 is 6.09 Å². The number of rotatable bonds is 7. The van der Waals surface area contributed by atoms with E-state index in [0.717, 1.165) is 44.8 Å². The maximum atomic E-state index is 12.2. The number of ether oxygens (including phenoxy) is 2. The molecule has 2 aromatic rings. The summed E-state index contributed by atoms with van der Waals surface area (Å²) < 4.78 is 11.3. The van der Waals surface area contributed by atoms with Gasteiger partial charge in [0.2, 0.25) is 0 Å². The van der Waals surface area contributed by atoms with E-state index in [-0.39, 0.29) is 6.09 Å². The topological polar surface area (TPSA) is 42.0 Å². The molecule has 1 saturated heterocycles. The number of benzene rings is 2. The fourth-order valence-electron chi connectivity index (χ4n) is 3.59. The Morgan fingerprint density at radius 2 is 1.52 bits per heavy atom. The van der Waals surface area contributed by atoms with Gasteiger partial charge in [0.25, 0.3) is 0 Å². The fraction of sp³-hybridized carbons (Fsp3) is 0.500. The van der Waals surface area contributed by atoms with Gasteiger partial charge in [0.1, 0.15) is 11.4 Å². The Labute approximate surface area is 187 Å². The first-order chi connectivity index (χ1) is 14.8. The summed E-state index contributed by atoms with van der Waals surface area (Å²) >= 11 is 0. The van der Waals surface area contributed by atoms with E-state index >= 15 is 0 Å². The van der Waals surface area contributed by atoms with Crippen LogP contribution < -0.4 is 4.74 Å². The van der Waals surface area contributed by atoms with Crippen molar-refractivity contribution in [3.8, 4) is 5.75 Å². The van der Waals surface area contributed by atoms with Crippen molar-refractivity contribution in [1.82, 2.24) is 9.80 Å². The van der Waals surface area contributed by atoms with Crippen LogP contribution in [0.4, 0.5) is 4.79 Å². The molecule has 1 aliphatic heterocycles. The van der Waals surface area contributed by atoms with Gasteiger partial charge in [-0.2, -0.15) is 0 Å². The van der Waals surface area contributed by atoms with Crippen LogP contribution in [-0.4, -0.2) is 54.3 Å². The van der Waals surface area contributed by atoms with Crippen molar-refractivity contribution >= 4 is 6.09 Å². The standard InChI is InChI=1S/C26H36N2O3/c1-21-7-13-24(14-8-21)30-19-5-6-22-9-11-23(12-10-22)20-27-15-17-28(18-16-27)25(29)31-26(2,3)4/h7-14H,5-6,15-20H2,1-4H3. The van der Waals surface area contributed by atoms with Crippen LogP contribution in [-0.2, 0) is 17.7 Å². The minimum Gasteiger partial charge on any atom is -0.494 e. The molecular weight excluding hydrogens is 388 g/mol. The summed E-state index contributed by atoms with van der Waals surface area (Å²) in [4.78, 5) is 16.4. The molecule has 0 N–H and O–H groups in total. The SMILES string of the molecule is Cc1ccc(OCCCc2ccc(CN3CCN(C(=O)OC(C)(C)C)CC3)cc2)cc1. The molecule has 0 radical (unpaired) electrons. The molecule has 0 spiro atoms. The number of nitrogens with zero attached hydrogens (tertiary/aromatic N) is 2. The van der Waals surface area contributed by atoms with E-state index < -0.39 is 5.60 Å². The normalized spacial score (nSPS) is 15.0. The maximum absolute atomic E-state index is 12.2. The van der Waals surface area contributed by atoms with E-state index in [1.807, 2.05) is 37.8 Å². The molecule has 31 heavy (non-hydrogen) atoms. The van der Waals surface area contributed by atoms with Gasteiger partial charge in [0, 0.05) is 32.7 Å². The van der Waals surface area contributed by atoms with Crippen molar-refractivity contribution in [3.05, 3.63) is 65.2 Å². The highest BCUT2D eigenvalue weighted by atomic mass is 16.6. The zero-order chi connectivity index (χ0) is 22.3. The quantitative estimate of drug-likeness (QED) is 0.583. The lowest BCUT2D eigenvalue weighted by Gasteiger charge is -2.35. The van der Waals surface area contributed by atoms with Crippen molar-refractivity contribution in [3.63, 3.8) is 0 Å². The molecule has 0 aromatic heterocycles. The van der Waals surface area contributed by atoms with Crippen LogP contribution in [0.1, 0.15) is 43.9 Å². The average Bonchev–Trinajstić information content (AvgIpc) is 2.73. The van der Waals surface area contributed by atoms with E-state index in [0.29, 0.717) is 13.1 Å². The Bertz CT molecular complexity index is 817. The lowest BCUT2D eigenvalue weighted by molar-refractivity contribution is 0.0139. The molecule has 0 aliphatic carbocycles. The third-order valence-electron chi connectivity index (χ3n) is 5.35. The number of amides is 1. The van der Waals surface area contributed by atoms with Crippen molar-refractivity contribution in [1.29, 1.82) is 0 Å². The number of hydrogen-bond donors (Lipinski definition) is 0. The zero-order valence-electron chi connectivity index (χ0n) is 19.4. The van der Waals surface area contributed by atoms with Crippen LogP contribution >= 0.6 is 0 Å². The summed E-state index contributed by atoms with van der Waals surface area (Å²) in [5.74, 6) is 0.938. The molecule has 2 aromatic carbocycles. The van der Waals surface area contributed by atoms with Gasteiger partial charge in [-0.3, -0.25) is 4.90 Å². The van der Waals surface area contributed by atoms with Gasteiger partial charge in [-0.25, -0.2) is 4.79 Å². The first-order valence-corrected chi connectivity index (χ1v) is 11.3. The molecule has 5 nitrogen and oxygen atoms in total. The molecule has 1 aliphatic rings. The summed E-state index contributed by atoms with van der Waals surface area (Å²) in [5.41, 5.74) is 3.46. The molecule has 1 amide bonds. The van der Waals surface area contributed by atoms with Crippen molar-refractivity contribution in [2.45, 2.75) is 52.7 Å². The second-order valence-electron chi connectivity index (χ2n) is 9.33. The monoisotopic (exact) mass is 424 g/mol. The van der Waals surface area contributed by atoms with Gasteiger partial charge in [-0.1, -0.05) is 42.0 Å². The Balaban J connectivity index is 1.36. The minimum absolute atomic E-state index is 0.206. The second-order valence-corrected chi connectivity index (χ2v) is 9.33. The second kappa shape index (κ2) is 10.7. The van der Waals surface area contributed by atoms with E-state index in [9.17, 15) is 4.79 Å². The molecular formula is C26H36N2O3. The molecule has 1 heterocycles. The van der Waals surface area contributed by atoms with Crippen LogP contribution in [0.5, 0.6) is 5.75 Å². The lowest BCUT2D eigenvalue weighted by atomic mass is 10.1. The summed E-state index contributed by atoms with van der Waals surface area (Å²) in [6, 6.07) is 17.1. The predicted molar refractivity (Wildman–Crippen MR) is 125 cm³/mol. The van der Waals surface area contributed by atoms with Crippen LogP contribution in [0.2, 0.25) is 0 Å². The van der Waals surface area contributed by atoms with Gasteiger partial charge in [-0.15, -0.1) is 0 Å². The largest absolute Gasteiger partial charge is 0.494 e. The van der Waals surface area contributed by atoms with Crippen molar-refractivity contribution in [2.24, 2.45) is 0 Å². The molecule has 0 bridgehead atoms. The first kappa shape index (κ1) is 23.1. The molecule has 168 valence electrons. The van der Waals surface area contributed by atoms with Crippen LogP contribution in [0.25, 0.3) is 0 Å². The molecule has 0 atom stereocenters. The van der Waals surface area contributed by atoms with E-state index in [1.165, 1.54) is 16.7 Å². The Hall–Kier alpha value is -2.53. The highest BCUT2D eigenvalue weighted by Crippen LogP contribution is 2.15.